The number of carbonyl (C=O) groups excluding carboxylic acids is 2. The average molecular weight is 429 g/mol. The number of likely N-dealkylation sites (N-methyl/N-ethyl adjacent to an activating group) is 2. The zero-order valence-corrected chi connectivity index (χ0v) is 18.2. The minimum atomic E-state index is -0.436. The summed E-state index contributed by atoms with van der Waals surface area (Å²) in [5.41, 5.74) is 1.46. The van der Waals surface area contributed by atoms with Gasteiger partial charge in [-0.2, -0.15) is 0 Å². The van der Waals surface area contributed by atoms with Gasteiger partial charge in [0.05, 0.1) is 13.2 Å². The van der Waals surface area contributed by atoms with E-state index in [2.05, 4.69) is 11.9 Å². The van der Waals surface area contributed by atoms with Crippen LogP contribution in [0.4, 0.5) is 4.39 Å². The molecule has 166 valence electrons. The lowest BCUT2D eigenvalue weighted by atomic mass is 10.0. The zero-order valence-electron chi connectivity index (χ0n) is 18.2. The molecule has 1 N–H and O–H groups in total. The predicted molar refractivity (Wildman–Crippen MR) is 118 cm³/mol. The van der Waals surface area contributed by atoms with Gasteiger partial charge in [-0.15, -0.1) is 6.58 Å². The number of methoxy groups -OCH3 is 1. The summed E-state index contributed by atoms with van der Waals surface area (Å²) in [5, 5.41) is 2.68. The monoisotopic (exact) mass is 428 g/mol. The molecule has 2 rings (SSSR count). The Morgan fingerprint density at radius 3 is 2.71 bits per heavy atom. The first-order chi connectivity index (χ1) is 14.9. The van der Waals surface area contributed by atoms with Crippen LogP contribution in [-0.4, -0.2) is 44.3 Å². The molecular formula is C24H29FN2O4. The van der Waals surface area contributed by atoms with Gasteiger partial charge in [0.15, 0.2) is 6.29 Å². The molecule has 1 unspecified atom stereocenters. The van der Waals surface area contributed by atoms with Crippen molar-refractivity contribution >= 4 is 12.2 Å². The van der Waals surface area contributed by atoms with Crippen LogP contribution in [-0.2, 0) is 17.9 Å². The Labute approximate surface area is 182 Å². The summed E-state index contributed by atoms with van der Waals surface area (Å²) in [4.78, 5) is 25.9. The van der Waals surface area contributed by atoms with Crippen LogP contribution in [0.5, 0.6) is 11.5 Å². The first kappa shape index (κ1) is 24.1. The maximum absolute atomic E-state index is 14.3. The standard InChI is InChI=1S/C24H29FN2O4/c1-5-6-9-22(24(29)26-2)27(3)14-20-17(15-28)8-7-10-23(20)31-16-18-11-12-19(30-4)13-21(18)25/h5,7-8,10-13,15,22H,1,6,9,14,16H2,2-4H3,(H,26,29). The number of amides is 1. The first-order valence-corrected chi connectivity index (χ1v) is 10.00. The topological polar surface area (TPSA) is 67.9 Å². The van der Waals surface area contributed by atoms with Gasteiger partial charge in [-0.3, -0.25) is 14.5 Å². The van der Waals surface area contributed by atoms with Gasteiger partial charge in [0, 0.05) is 36.3 Å². The lowest BCUT2D eigenvalue weighted by Crippen LogP contribution is -2.43. The molecule has 0 aromatic heterocycles. The summed E-state index contributed by atoms with van der Waals surface area (Å²) in [7, 11) is 4.88. The van der Waals surface area contributed by atoms with Crippen LogP contribution in [0.1, 0.15) is 34.3 Å². The molecule has 6 nitrogen and oxygen atoms in total. The summed E-state index contributed by atoms with van der Waals surface area (Å²) in [6, 6.07) is 9.29. The molecule has 0 fully saturated rings. The zero-order chi connectivity index (χ0) is 22.8. The maximum Gasteiger partial charge on any atom is 0.237 e. The van der Waals surface area contributed by atoms with Crippen molar-refractivity contribution in [3.05, 3.63) is 71.6 Å². The molecule has 2 aromatic rings. The van der Waals surface area contributed by atoms with Gasteiger partial charge in [0.1, 0.15) is 23.9 Å². The van der Waals surface area contributed by atoms with Crippen molar-refractivity contribution in [2.75, 3.05) is 21.2 Å². The molecule has 0 saturated carbocycles. The van der Waals surface area contributed by atoms with E-state index >= 15 is 0 Å². The van der Waals surface area contributed by atoms with Crippen LogP contribution in [0.3, 0.4) is 0 Å². The number of carbonyl (C=O) groups is 2. The number of aldehydes is 1. The van der Waals surface area contributed by atoms with E-state index in [-0.39, 0.29) is 12.5 Å². The lowest BCUT2D eigenvalue weighted by molar-refractivity contribution is -0.125. The second-order valence-corrected chi connectivity index (χ2v) is 7.10. The van der Waals surface area contributed by atoms with Crippen LogP contribution < -0.4 is 14.8 Å². The molecule has 0 bridgehead atoms. The van der Waals surface area contributed by atoms with Crippen LogP contribution >= 0.6 is 0 Å². The molecule has 7 heteroatoms. The van der Waals surface area contributed by atoms with Gasteiger partial charge in [-0.25, -0.2) is 4.39 Å². The first-order valence-electron chi connectivity index (χ1n) is 10.00. The van der Waals surface area contributed by atoms with E-state index in [1.54, 1.807) is 43.5 Å². The minimum absolute atomic E-state index is 0.00973. The van der Waals surface area contributed by atoms with Crippen molar-refractivity contribution in [3.8, 4) is 11.5 Å². The maximum atomic E-state index is 14.3. The number of ether oxygens (including phenoxy) is 2. The van der Waals surface area contributed by atoms with E-state index < -0.39 is 11.9 Å². The fourth-order valence-electron chi connectivity index (χ4n) is 3.28. The van der Waals surface area contributed by atoms with E-state index in [4.69, 9.17) is 9.47 Å². The predicted octanol–water partition coefficient (Wildman–Crippen LogP) is 3.74. The molecule has 1 amide bonds. The highest BCUT2D eigenvalue weighted by atomic mass is 19.1. The molecule has 0 aliphatic heterocycles. The number of nitrogens with zero attached hydrogens (tertiary/aromatic N) is 1. The number of hydrogen-bond acceptors (Lipinski definition) is 5. The largest absolute Gasteiger partial charge is 0.497 e. The van der Waals surface area contributed by atoms with Gasteiger partial charge < -0.3 is 14.8 Å². The van der Waals surface area contributed by atoms with Gasteiger partial charge in [0.25, 0.3) is 0 Å². The average Bonchev–Trinajstić information content (AvgIpc) is 2.78. The third-order valence-corrected chi connectivity index (χ3v) is 5.07. The molecule has 31 heavy (non-hydrogen) atoms. The minimum Gasteiger partial charge on any atom is -0.497 e. The SMILES string of the molecule is C=CCCC(C(=O)NC)N(C)Cc1c(C=O)cccc1OCc1ccc(OC)cc1F. The number of benzene rings is 2. The molecule has 0 spiro atoms. The Morgan fingerprint density at radius 1 is 1.32 bits per heavy atom. The number of allylic oxidation sites excluding steroid dienone is 1. The highest BCUT2D eigenvalue weighted by molar-refractivity contribution is 5.81. The molecule has 0 saturated heterocycles. The molecule has 0 heterocycles. The summed E-state index contributed by atoms with van der Waals surface area (Å²) in [6.07, 6.45) is 3.79. The third-order valence-electron chi connectivity index (χ3n) is 5.07. The van der Waals surface area contributed by atoms with Gasteiger partial charge in [0.2, 0.25) is 5.91 Å². The van der Waals surface area contributed by atoms with Crippen molar-refractivity contribution in [1.29, 1.82) is 0 Å². The van der Waals surface area contributed by atoms with Gasteiger partial charge in [-0.1, -0.05) is 18.2 Å². The van der Waals surface area contributed by atoms with E-state index in [1.807, 2.05) is 11.9 Å². The van der Waals surface area contributed by atoms with Crippen molar-refractivity contribution in [2.24, 2.45) is 0 Å². The van der Waals surface area contributed by atoms with Gasteiger partial charge >= 0.3 is 0 Å². The van der Waals surface area contributed by atoms with E-state index in [9.17, 15) is 14.0 Å². The number of halogens is 1. The van der Waals surface area contributed by atoms with Crippen molar-refractivity contribution in [2.45, 2.75) is 32.0 Å². The Kier molecular flexibility index (Phi) is 9.21. The van der Waals surface area contributed by atoms with Crippen LogP contribution in [0.15, 0.2) is 49.1 Å². The molecule has 0 radical (unpaired) electrons. The normalized spacial score (nSPS) is 11.6. The number of nitrogens with one attached hydrogen (secondary N) is 1. The third kappa shape index (κ3) is 6.39. The van der Waals surface area contributed by atoms with E-state index in [0.29, 0.717) is 47.6 Å². The quantitative estimate of drug-likeness (QED) is 0.412. The van der Waals surface area contributed by atoms with Crippen LogP contribution in [0.25, 0.3) is 0 Å². The second-order valence-electron chi connectivity index (χ2n) is 7.10. The Hall–Kier alpha value is -3.19. The summed E-state index contributed by atoms with van der Waals surface area (Å²) < 4.78 is 25.2. The second kappa shape index (κ2) is 11.9. The van der Waals surface area contributed by atoms with Crippen LogP contribution in [0, 0.1) is 5.82 Å². The summed E-state index contributed by atoms with van der Waals surface area (Å²) in [5.74, 6) is 0.335. The van der Waals surface area contributed by atoms with Gasteiger partial charge in [-0.05, 0) is 38.1 Å². The highest BCUT2D eigenvalue weighted by Crippen LogP contribution is 2.26. The van der Waals surface area contributed by atoms with E-state index in [1.165, 1.54) is 13.2 Å². The Balaban J connectivity index is 2.25. The number of rotatable bonds is 12. The Bertz CT molecular complexity index is 916. The number of hydrogen-bond donors (Lipinski definition) is 1. The van der Waals surface area contributed by atoms with Crippen LogP contribution in [0.2, 0.25) is 0 Å². The Morgan fingerprint density at radius 2 is 2.10 bits per heavy atom. The lowest BCUT2D eigenvalue weighted by Gasteiger charge is -2.27. The fraction of sp³-hybridized carbons (Fsp3) is 0.333. The molecular weight excluding hydrogens is 399 g/mol. The molecule has 1 atom stereocenters. The van der Waals surface area contributed by atoms with Crippen molar-refractivity contribution in [3.63, 3.8) is 0 Å². The molecule has 0 aliphatic rings. The molecule has 2 aromatic carbocycles. The molecule has 0 aliphatic carbocycles. The van der Waals surface area contributed by atoms with Crippen molar-refractivity contribution in [1.82, 2.24) is 10.2 Å². The van der Waals surface area contributed by atoms with E-state index in [0.717, 1.165) is 6.29 Å². The highest BCUT2D eigenvalue weighted by Gasteiger charge is 2.23. The summed E-state index contributed by atoms with van der Waals surface area (Å²) >= 11 is 0. The smallest absolute Gasteiger partial charge is 0.237 e. The van der Waals surface area contributed by atoms with Crippen molar-refractivity contribution < 1.29 is 23.5 Å². The summed E-state index contributed by atoms with van der Waals surface area (Å²) in [6.45, 7) is 4.02. The fourth-order valence-corrected chi connectivity index (χ4v) is 3.28.